The standard InChI is InChI=1S/C13H19NS/c1-7-6-11(8(2)15-7)13(14)12-9-4-3-5-10(9)12/h6,9-10,12-13H,3-5,14H2,1-2H3. The van der Waals surface area contributed by atoms with Gasteiger partial charge in [-0.2, -0.15) is 0 Å². The normalized spacial score (nSPS) is 35.3. The minimum absolute atomic E-state index is 0.324. The number of thiophene rings is 1. The molecule has 1 aromatic heterocycles. The quantitative estimate of drug-likeness (QED) is 0.813. The van der Waals surface area contributed by atoms with Gasteiger partial charge in [0.15, 0.2) is 0 Å². The third-order valence-corrected chi connectivity index (χ3v) is 5.31. The molecule has 2 saturated carbocycles. The summed E-state index contributed by atoms with van der Waals surface area (Å²) in [5.74, 6) is 2.76. The van der Waals surface area contributed by atoms with Gasteiger partial charge in [-0.15, -0.1) is 11.3 Å². The van der Waals surface area contributed by atoms with Crippen molar-refractivity contribution in [2.24, 2.45) is 23.5 Å². The summed E-state index contributed by atoms with van der Waals surface area (Å²) in [5.41, 5.74) is 7.84. The molecule has 0 bridgehead atoms. The van der Waals surface area contributed by atoms with Crippen molar-refractivity contribution in [3.05, 3.63) is 21.4 Å². The van der Waals surface area contributed by atoms with Crippen LogP contribution in [0.3, 0.4) is 0 Å². The van der Waals surface area contributed by atoms with Gasteiger partial charge in [0.2, 0.25) is 0 Å². The lowest BCUT2D eigenvalue weighted by Gasteiger charge is -2.13. The lowest BCUT2D eigenvalue weighted by Crippen LogP contribution is -2.15. The highest BCUT2D eigenvalue weighted by Crippen LogP contribution is 2.61. The van der Waals surface area contributed by atoms with Gasteiger partial charge < -0.3 is 5.73 Å². The van der Waals surface area contributed by atoms with Crippen LogP contribution in [0.2, 0.25) is 0 Å². The Kier molecular flexibility index (Phi) is 2.18. The summed E-state index contributed by atoms with van der Waals surface area (Å²) in [6, 6.07) is 2.63. The van der Waals surface area contributed by atoms with Crippen LogP contribution < -0.4 is 5.73 Å². The van der Waals surface area contributed by atoms with E-state index in [2.05, 4.69) is 19.9 Å². The molecule has 0 amide bonds. The fraction of sp³-hybridized carbons (Fsp3) is 0.692. The van der Waals surface area contributed by atoms with Gasteiger partial charge in [0, 0.05) is 15.8 Å². The monoisotopic (exact) mass is 221 g/mol. The van der Waals surface area contributed by atoms with E-state index in [9.17, 15) is 0 Å². The van der Waals surface area contributed by atoms with Crippen molar-refractivity contribution in [2.45, 2.75) is 39.2 Å². The van der Waals surface area contributed by atoms with Crippen molar-refractivity contribution >= 4 is 11.3 Å². The van der Waals surface area contributed by atoms with Crippen molar-refractivity contribution in [1.29, 1.82) is 0 Å². The molecule has 3 atom stereocenters. The van der Waals surface area contributed by atoms with E-state index in [0.29, 0.717) is 6.04 Å². The number of hydrogen-bond donors (Lipinski definition) is 1. The molecule has 0 aromatic carbocycles. The number of hydrogen-bond acceptors (Lipinski definition) is 2. The van der Waals surface area contributed by atoms with Crippen LogP contribution in [0.4, 0.5) is 0 Å². The van der Waals surface area contributed by atoms with Crippen LogP contribution in [0.25, 0.3) is 0 Å². The van der Waals surface area contributed by atoms with Gasteiger partial charge in [0.25, 0.3) is 0 Å². The lowest BCUT2D eigenvalue weighted by molar-refractivity contribution is 0.501. The van der Waals surface area contributed by atoms with E-state index in [1.165, 1.54) is 34.6 Å². The first-order valence-corrected chi connectivity index (χ1v) is 6.82. The fourth-order valence-electron chi connectivity index (χ4n) is 3.60. The number of fused-ring (bicyclic) bond motifs is 1. The molecule has 0 aliphatic heterocycles. The van der Waals surface area contributed by atoms with Gasteiger partial charge in [0.05, 0.1) is 0 Å². The third-order valence-electron chi connectivity index (χ3n) is 4.33. The molecule has 2 heteroatoms. The summed E-state index contributed by atoms with van der Waals surface area (Å²) in [5, 5.41) is 0. The molecule has 3 rings (SSSR count). The van der Waals surface area contributed by atoms with E-state index in [4.69, 9.17) is 5.73 Å². The summed E-state index contributed by atoms with van der Waals surface area (Å²) in [6.07, 6.45) is 4.32. The second-order valence-corrected chi connectivity index (χ2v) is 6.69. The summed E-state index contributed by atoms with van der Waals surface area (Å²) in [7, 11) is 0. The Morgan fingerprint density at radius 3 is 2.53 bits per heavy atom. The molecule has 0 saturated heterocycles. The SMILES string of the molecule is Cc1cc(C(N)C2C3CCCC32)c(C)s1. The molecular weight excluding hydrogens is 202 g/mol. The first kappa shape index (κ1) is 9.86. The van der Waals surface area contributed by atoms with Crippen molar-refractivity contribution in [3.8, 4) is 0 Å². The smallest absolute Gasteiger partial charge is 0.0340 e. The average Bonchev–Trinajstić information content (AvgIpc) is 2.58. The second-order valence-electron chi connectivity index (χ2n) is 5.23. The summed E-state index contributed by atoms with van der Waals surface area (Å²) in [6.45, 7) is 4.40. The van der Waals surface area contributed by atoms with E-state index >= 15 is 0 Å². The van der Waals surface area contributed by atoms with E-state index in [1.807, 2.05) is 11.3 Å². The molecule has 2 aliphatic rings. The predicted octanol–water partition coefficient (Wildman–Crippen LogP) is 3.41. The van der Waals surface area contributed by atoms with Gasteiger partial charge in [-0.05, 0) is 56.1 Å². The van der Waals surface area contributed by atoms with Crippen LogP contribution in [0.15, 0.2) is 6.07 Å². The average molecular weight is 221 g/mol. The predicted molar refractivity (Wildman–Crippen MR) is 65.0 cm³/mol. The zero-order chi connectivity index (χ0) is 10.6. The van der Waals surface area contributed by atoms with Gasteiger partial charge in [-0.3, -0.25) is 0 Å². The molecular formula is C13H19NS. The Hall–Kier alpha value is -0.340. The molecule has 0 spiro atoms. The van der Waals surface area contributed by atoms with Gasteiger partial charge in [-0.1, -0.05) is 6.42 Å². The van der Waals surface area contributed by atoms with Crippen molar-refractivity contribution in [2.75, 3.05) is 0 Å². The van der Waals surface area contributed by atoms with Crippen LogP contribution >= 0.6 is 11.3 Å². The van der Waals surface area contributed by atoms with Crippen LogP contribution in [0.1, 0.15) is 40.6 Å². The Morgan fingerprint density at radius 2 is 2.00 bits per heavy atom. The Balaban J connectivity index is 1.80. The molecule has 1 nitrogen and oxygen atoms in total. The zero-order valence-corrected chi connectivity index (χ0v) is 10.3. The Bertz CT molecular complexity index is 372. The van der Waals surface area contributed by atoms with E-state index < -0.39 is 0 Å². The number of rotatable bonds is 2. The second kappa shape index (κ2) is 3.33. The largest absolute Gasteiger partial charge is 0.324 e. The van der Waals surface area contributed by atoms with Gasteiger partial charge in [0.1, 0.15) is 0 Å². The van der Waals surface area contributed by atoms with E-state index in [0.717, 1.165) is 17.8 Å². The first-order valence-electron chi connectivity index (χ1n) is 6.01. The van der Waals surface area contributed by atoms with Crippen molar-refractivity contribution in [3.63, 3.8) is 0 Å². The highest BCUT2D eigenvalue weighted by molar-refractivity contribution is 7.12. The summed E-state index contributed by atoms with van der Waals surface area (Å²) >= 11 is 1.89. The van der Waals surface area contributed by atoms with Crippen LogP contribution in [0.5, 0.6) is 0 Å². The maximum Gasteiger partial charge on any atom is 0.0340 e. The number of aryl methyl sites for hydroxylation is 2. The molecule has 2 aliphatic carbocycles. The van der Waals surface area contributed by atoms with Gasteiger partial charge >= 0.3 is 0 Å². The molecule has 1 aromatic rings. The number of nitrogens with two attached hydrogens (primary N) is 1. The minimum atomic E-state index is 0.324. The molecule has 0 radical (unpaired) electrons. The topological polar surface area (TPSA) is 26.0 Å². The van der Waals surface area contributed by atoms with Crippen LogP contribution in [-0.4, -0.2) is 0 Å². The Morgan fingerprint density at radius 1 is 1.33 bits per heavy atom. The fourth-order valence-corrected chi connectivity index (χ4v) is 4.58. The maximum atomic E-state index is 6.41. The minimum Gasteiger partial charge on any atom is -0.324 e. The van der Waals surface area contributed by atoms with E-state index in [1.54, 1.807) is 0 Å². The Labute approximate surface area is 95.7 Å². The van der Waals surface area contributed by atoms with Gasteiger partial charge in [-0.25, -0.2) is 0 Å². The summed E-state index contributed by atoms with van der Waals surface area (Å²) < 4.78 is 0. The molecule has 2 fully saturated rings. The zero-order valence-electron chi connectivity index (χ0n) is 9.49. The van der Waals surface area contributed by atoms with Crippen LogP contribution in [-0.2, 0) is 0 Å². The highest BCUT2D eigenvalue weighted by Gasteiger charge is 2.55. The van der Waals surface area contributed by atoms with E-state index in [-0.39, 0.29) is 0 Å². The molecule has 82 valence electrons. The highest BCUT2D eigenvalue weighted by atomic mass is 32.1. The molecule has 1 heterocycles. The molecule has 3 unspecified atom stereocenters. The maximum absolute atomic E-state index is 6.41. The summed E-state index contributed by atoms with van der Waals surface area (Å²) in [4.78, 5) is 2.84. The van der Waals surface area contributed by atoms with Crippen LogP contribution in [0, 0.1) is 31.6 Å². The molecule has 15 heavy (non-hydrogen) atoms. The van der Waals surface area contributed by atoms with Crippen molar-refractivity contribution in [1.82, 2.24) is 0 Å². The lowest BCUT2D eigenvalue weighted by atomic mass is 9.98. The third kappa shape index (κ3) is 1.46. The first-order chi connectivity index (χ1) is 7.18. The van der Waals surface area contributed by atoms with Crippen molar-refractivity contribution < 1.29 is 0 Å². The molecule has 2 N–H and O–H groups in total.